The third kappa shape index (κ3) is 4.20. The molecule has 1 N–H and O–H groups in total. The molecule has 1 aliphatic rings. The van der Waals surface area contributed by atoms with Crippen LogP contribution < -0.4 is 5.32 Å². The summed E-state index contributed by atoms with van der Waals surface area (Å²) in [6, 6.07) is 22.9. The summed E-state index contributed by atoms with van der Waals surface area (Å²) in [6.07, 6.45) is 0.460. The third-order valence-corrected chi connectivity index (χ3v) is 5.86. The lowest BCUT2D eigenvalue weighted by atomic mass is 9.96. The maximum Gasteiger partial charge on any atom is 0.248 e. The van der Waals surface area contributed by atoms with Crippen molar-refractivity contribution in [3.63, 3.8) is 0 Å². The van der Waals surface area contributed by atoms with Crippen LogP contribution in [0.5, 0.6) is 0 Å². The van der Waals surface area contributed by atoms with E-state index in [2.05, 4.69) is 5.32 Å². The van der Waals surface area contributed by atoms with Crippen molar-refractivity contribution >= 4 is 35.0 Å². The van der Waals surface area contributed by atoms with Gasteiger partial charge in [0.2, 0.25) is 11.8 Å². The minimum absolute atomic E-state index is 0.0280. The maximum atomic E-state index is 13.5. The van der Waals surface area contributed by atoms with Gasteiger partial charge in [-0.1, -0.05) is 83.9 Å². The van der Waals surface area contributed by atoms with E-state index in [0.29, 0.717) is 23.0 Å². The summed E-state index contributed by atoms with van der Waals surface area (Å²) in [5.41, 5.74) is 2.40. The molecule has 4 nitrogen and oxygen atoms in total. The second kappa shape index (κ2) is 8.90. The van der Waals surface area contributed by atoms with Crippen molar-refractivity contribution in [3.05, 3.63) is 106 Å². The molecule has 4 rings (SSSR count). The fourth-order valence-electron chi connectivity index (χ4n) is 3.64. The smallest absolute Gasteiger partial charge is 0.248 e. The van der Waals surface area contributed by atoms with Crippen LogP contribution >= 0.6 is 23.2 Å². The fraction of sp³-hybridized carbons (Fsp3) is 0.167. The van der Waals surface area contributed by atoms with Crippen molar-refractivity contribution in [3.8, 4) is 0 Å². The van der Waals surface area contributed by atoms with Crippen molar-refractivity contribution in [2.45, 2.75) is 18.5 Å². The van der Waals surface area contributed by atoms with Gasteiger partial charge < -0.3 is 10.2 Å². The molecule has 0 radical (unpaired) electrons. The summed E-state index contributed by atoms with van der Waals surface area (Å²) in [5, 5.41) is 4.28. The van der Waals surface area contributed by atoms with Crippen molar-refractivity contribution in [1.29, 1.82) is 0 Å². The SMILES string of the molecule is O=C(N[C@H](c1ccc(Cl)cc1)c1ccccc1Cl)[C@H](c1ccccc1)N1CCC1=O. The van der Waals surface area contributed by atoms with E-state index in [9.17, 15) is 9.59 Å². The number of nitrogens with zero attached hydrogens (tertiary/aromatic N) is 1. The van der Waals surface area contributed by atoms with E-state index in [4.69, 9.17) is 23.2 Å². The highest BCUT2D eigenvalue weighted by Gasteiger charge is 2.37. The van der Waals surface area contributed by atoms with E-state index in [1.165, 1.54) is 0 Å². The molecule has 152 valence electrons. The van der Waals surface area contributed by atoms with Crippen molar-refractivity contribution in [2.75, 3.05) is 6.54 Å². The molecule has 2 amide bonds. The number of nitrogens with one attached hydrogen (secondary N) is 1. The number of likely N-dealkylation sites (tertiary alicyclic amines) is 1. The Morgan fingerprint density at radius 3 is 2.13 bits per heavy atom. The Morgan fingerprint density at radius 1 is 0.867 bits per heavy atom. The van der Waals surface area contributed by atoms with Gasteiger partial charge in [0.25, 0.3) is 0 Å². The van der Waals surface area contributed by atoms with E-state index in [0.717, 1.165) is 16.7 Å². The largest absolute Gasteiger partial charge is 0.343 e. The molecule has 0 aliphatic carbocycles. The number of carbonyl (C=O) groups excluding carboxylic acids is 2. The Bertz CT molecular complexity index is 1050. The number of benzene rings is 3. The number of halogens is 2. The number of hydrogen-bond acceptors (Lipinski definition) is 2. The summed E-state index contributed by atoms with van der Waals surface area (Å²) < 4.78 is 0. The number of carbonyl (C=O) groups is 2. The zero-order valence-electron chi connectivity index (χ0n) is 16.1. The Balaban J connectivity index is 1.70. The van der Waals surface area contributed by atoms with Crippen LogP contribution in [0.3, 0.4) is 0 Å². The third-order valence-electron chi connectivity index (χ3n) is 5.27. The van der Waals surface area contributed by atoms with Crippen LogP contribution in [-0.2, 0) is 9.59 Å². The van der Waals surface area contributed by atoms with Crippen LogP contribution in [0.15, 0.2) is 78.9 Å². The molecule has 1 fully saturated rings. The minimum Gasteiger partial charge on any atom is -0.343 e. The molecule has 1 aliphatic heterocycles. The van der Waals surface area contributed by atoms with Crippen molar-refractivity contribution in [2.24, 2.45) is 0 Å². The van der Waals surface area contributed by atoms with Gasteiger partial charge in [0, 0.05) is 23.0 Å². The molecule has 0 spiro atoms. The quantitative estimate of drug-likeness (QED) is 0.539. The van der Waals surface area contributed by atoms with Gasteiger partial charge in [-0.3, -0.25) is 9.59 Å². The van der Waals surface area contributed by atoms with Gasteiger partial charge in [-0.25, -0.2) is 0 Å². The number of rotatable bonds is 6. The summed E-state index contributed by atoms with van der Waals surface area (Å²) in [7, 11) is 0. The average molecular weight is 439 g/mol. The van der Waals surface area contributed by atoms with Crippen molar-refractivity contribution in [1.82, 2.24) is 10.2 Å². The number of hydrogen-bond donors (Lipinski definition) is 1. The fourth-order valence-corrected chi connectivity index (χ4v) is 4.01. The zero-order chi connectivity index (χ0) is 21.1. The van der Waals surface area contributed by atoms with Gasteiger partial charge >= 0.3 is 0 Å². The zero-order valence-corrected chi connectivity index (χ0v) is 17.6. The molecule has 6 heteroatoms. The average Bonchev–Trinajstić information content (AvgIpc) is 2.76. The predicted octanol–water partition coefficient (Wildman–Crippen LogP) is 5.17. The first-order chi connectivity index (χ1) is 14.5. The van der Waals surface area contributed by atoms with E-state index in [-0.39, 0.29) is 11.8 Å². The normalized spacial score (nSPS) is 15.3. The lowest BCUT2D eigenvalue weighted by Gasteiger charge is -2.38. The summed E-state index contributed by atoms with van der Waals surface area (Å²) in [6.45, 7) is 0.559. The molecular formula is C24H20Cl2N2O2. The Hall–Kier alpha value is -2.82. The predicted molar refractivity (Wildman–Crippen MR) is 118 cm³/mol. The van der Waals surface area contributed by atoms with Crippen LogP contribution in [-0.4, -0.2) is 23.3 Å². The van der Waals surface area contributed by atoms with Crippen molar-refractivity contribution < 1.29 is 9.59 Å². The minimum atomic E-state index is -0.690. The van der Waals surface area contributed by atoms with Crippen LogP contribution in [0.25, 0.3) is 0 Å². The van der Waals surface area contributed by atoms with Crippen LogP contribution in [0.1, 0.15) is 35.2 Å². The number of β-lactam (4-membered cyclic amide) rings is 1. The Kier molecular flexibility index (Phi) is 6.07. The van der Waals surface area contributed by atoms with E-state index in [1.807, 2.05) is 60.7 Å². The van der Waals surface area contributed by atoms with Crippen LogP contribution in [0, 0.1) is 0 Å². The molecule has 0 bridgehead atoms. The Morgan fingerprint density at radius 2 is 1.53 bits per heavy atom. The molecule has 1 saturated heterocycles. The number of amides is 2. The molecule has 0 unspecified atom stereocenters. The van der Waals surface area contributed by atoms with E-state index >= 15 is 0 Å². The van der Waals surface area contributed by atoms with Gasteiger partial charge in [0.1, 0.15) is 6.04 Å². The molecular weight excluding hydrogens is 419 g/mol. The standard InChI is InChI=1S/C24H20Cl2N2O2/c25-18-12-10-16(11-13-18)22(19-8-4-5-9-20(19)26)27-24(30)23(28-15-14-21(28)29)17-6-2-1-3-7-17/h1-13,22-23H,14-15H2,(H,27,30)/t22-,23+/m1/s1. The van der Waals surface area contributed by atoms with Gasteiger partial charge in [-0.15, -0.1) is 0 Å². The maximum absolute atomic E-state index is 13.5. The second-order valence-electron chi connectivity index (χ2n) is 7.17. The van der Waals surface area contributed by atoms with Crippen LogP contribution in [0.2, 0.25) is 10.0 Å². The van der Waals surface area contributed by atoms with Crippen LogP contribution in [0.4, 0.5) is 0 Å². The lowest BCUT2D eigenvalue weighted by Crippen LogP contribution is -2.51. The lowest BCUT2D eigenvalue weighted by molar-refractivity contribution is -0.149. The first-order valence-corrected chi connectivity index (χ1v) is 10.4. The summed E-state index contributed by atoms with van der Waals surface area (Å²) in [5.74, 6) is -0.283. The Labute approximate surface area is 185 Å². The highest BCUT2D eigenvalue weighted by molar-refractivity contribution is 6.31. The summed E-state index contributed by atoms with van der Waals surface area (Å²) in [4.78, 5) is 27.3. The van der Waals surface area contributed by atoms with Gasteiger partial charge in [0.05, 0.1) is 6.04 Å². The molecule has 0 saturated carbocycles. The molecule has 3 aromatic rings. The van der Waals surface area contributed by atoms with E-state index in [1.54, 1.807) is 23.1 Å². The molecule has 3 aromatic carbocycles. The molecule has 2 atom stereocenters. The van der Waals surface area contributed by atoms with E-state index < -0.39 is 12.1 Å². The van der Waals surface area contributed by atoms with Gasteiger partial charge in [0.15, 0.2) is 0 Å². The first-order valence-electron chi connectivity index (χ1n) is 9.69. The first kappa shape index (κ1) is 20.5. The second-order valence-corrected chi connectivity index (χ2v) is 8.01. The van der Waals surface area contributed by atoms with Gasteiger partial charge in [-0.05, 0) is 34.9 Å². The molecule has 1 heterocycles. The molecule has 0 aromatic heterocycles. The highest BCUT2D eigenvalue weighted by Crippen LogP contribution is 2.32. The topological polar surface area (TPSA) is 49.4 Å². The van der Waals surface area contributed by atoms with Gasteiger partial charge in [-0.2, -0.15) is 0 Å². The monoisotopic (exact) mass is 438 g/mol. The molecule has 30 heavy (non-hydrogen) atoms. The highest BCUT2D eigenvalue weighted by atomic mass is 35.5. The summed E-state index contributed by atoms with van der Waals surface area (Å²) >= 11 is 12.5.